The smallest absolute Gasteiger partial charge is 0.260 e. The van der Waals surface area contributed by atoms with Crippen LogP contribution in [0.1, 0.15) is 12.7 Å². The average molecular weight is 286 g/mol. The van der Waals surface area contributed by atoms with Crippen LogP contribution < -0.4 is 10.3 Å². The van der Waals surface area contributed by atoms with Crippen molar-refractivity contribution in [3.8, 4) is 16.9 Å². The van der Waals surface area contributed by atoms with Crippen LogP contribution in [0, 0.1) is 0 Å². The van der Waals surface area contributed by atoms with Crippen LogP contribution in [-0.2, 0) is 6.42 Å². The van der Waals surface area contributed by atoms with Gasteiger partial charge in [-0.3, -0.25) is 4.79 Å². The largest absolute Gasteiger partial charge is 0.497 e. The number of methoxy groups -OCH3 is 1. The summed E-state index contributed by atoms with van der Waals surface area (Å²) in [5.41, 5.74) is 1.84. The van der Waals surface area contributed by atoms with Crippen molar-refractivity contribution in [3.63, 3.8) is 0 Å². The first-order valence-corrected chi connectivity index (χ1v) is 7.25. The molecule has 102 valence electrons. The molecule has 0 spiro atoms. The Morgan fingerprint density at radius 2 is 2.05 bits per heavy atom. The summed E-state index contributed by atoms with van der Waals surface area (Å²) in [5.74, 6) is 1.53. The molecule has 0 unspecified atom stereocenters. The molecule has 0 radical (unpaired) electrons. The number of fused-ring (bicyclic) bond motifs is 1. The molecule has 2 heterocycles. The van der Waals surface area contributed by atoms with Crippen LogP contribution in [0.25, 0.3) is 21.3 Å². The molecule has 1 aromatic carbocycles. The van der Waals surface area contributed by atoms with Crippen LogP contribution in [0.5, 0.6) is 5.75 Å². The zero-order chi connectivity index (χ0) is 14.1. The number of hydrogen-bond acceptors (Lipinski definition) is 4. The fourth-order valence-corrected chi connectivity index (χ4v) is 3.11. The minimum absolute atomic E-state index is 0.0704. The van der Waals surface area contributed by atoms with Crippen molar-refractivity contribution < 1.29 is 4.74 Å². The van der Waals surface area contributed by atoms with E-state index in [1.54, 1.807) is 7.11 Å². The third kappa shape index (κ3) is 2.10. The normalized spacial score (nSPS) is 10.9. The van der Waals surface area contributed by atoms with E-state index in [0.717, 1.165) is 34.0 Å². The van der Waals surface area contributed by atoms with Gasteiger partial charge in [0.05, 0.1) is 12.5 Å². The first-order valence-electron chi connectivity index (χ1n) is 6.37. The van der Waals surface area contributed by atoms with Crippen LogP contribution in [0.2, 0.25) is 0 Å². The molecule has 0 aliphatic carbocycles. The minimum atomic E-state index is -0.0704. The van der Waals surface area contributed by atoms with E-state index >= 15 is 0 Å². The van der Waals surface area contributed by atoms with Gasteiger partial charge in [0.15, 0.2) is 0 Å². The van der Waals surface area contributed by atoms with E-state index in [9.17, 15) is 4.79 Å². The van der Waals surface area contributed by atoms with E-state index in [2.05, 4.69) is 9.97 Å². The van der Waals surface area contributed by atoms with Crippen molar-refractivity contribution in [3.05, 3.63) is 45.8 Å². The van der Waals surface area contributed by atoms with Gasteiger partial charge in [-0.15, -0.1) is 11.3 Å². The van der Waals surface area contributed by atoms with Gasteiger partial charge >= 0.3 is 0 Å². The number of aromatic nitrogens is 2. The third-order valence-corrected chi connectivity index (χ3v) is 4.10. The molecule has 1 N–H and O–H groups in total. The fraction of sp³-hybridized carbons (Fsp3) is 0.200. The van der Waals surface area contributed by atoms with Crippen molar-refractivity contribution in [1.29, 1.82) is 0 Å². The van der Waals surface area contributed by atoms with Crippen LogP contribution in [0.3, 0.4) is 0 Å². The number of ether oxygens (including phenoxy) is 1. The lowest BCUT2D eigenvalue weighted by Crippen LogP contribution is -2.10. The van der Waals surface area contributed by atoms with E-state index in [1.807, 2.05) is 36.6 Å². The summed E-state index contributed by atoms with van der Waals surface area (Å²) < 4.78 is 5.15. The van der Waals surface area contributed by atoms with Crippen LogP contribution in [0.15, 0.2) is 34.4 Å². The third-order valence-electron chi connectivity index (χ3n) is 3.23. The first-order chi connectivity index (χ1) is 9.72. The van der Waals surface area contributed by atoms with E-state index in [4.69, 9.17) is 4.74 Å². The zero-order valence-corrected chi connectivity index (χ0v) is 12.1. The Bertz CT molecular complexity index is 803. The number of aryl methyl sites for hydroxylation is 1. The Balaban J connectivity index is 2.19. The van der Waals surface area contributed by atoms with Crippen molar-refractivity contribution in [2.24, 2.45) is 0 Å². The molecule has 3 aromatic rings. The number of nitrogens with one attached hydrogen (secondary N) is 1. The lowest BCUT2D eigenvalue weighted by atomic mass is 10.1. The van der Waals surface area contributed by atoms with Gasteiger partial charge in [0.1, 0.15) is 16.4 Å². The Kier molecular flexibility index (Phi) is 3.28. The van der Waals surface area contributed by atoms with Gasteiger partial charge in [-0.25, -0.2) is 4.98 Å². The van der Waals surface area contributed by atoms with Crippen LogP contribution >= 0.6 is 11.3 Å². The number of rotatable bonds is 3. The summed E-state index contributed by atoms with van der Waals surface area (Å²) in [7, 11) is 1.63. The van der Waals surface area contributed by atoms with E-state index < -0.39 is 0 Å². The molecule has 5 heteroatoms. The molecule has 0 bridgehead atoms. The van der Waals surface area contributed by atoms with Gasteiger partial charge in [0.25, 0.3) is 5.56 Å². The SMILES string of the molecule is CCc1nc2scc(-c3ccc(OC)cc3)c2c(=O)[nH]1. The lowest BCUT2D eigenvalue weighted by Gasteiger charge is -2.02. The van der Waals surface area contributed by atoms with Crippen molar-refractivity contribution in [1.82, 2.24) is 9.97 Å². The maximum Gasteiger partial charge on any atom is 0.260 e. The number of nitrogens with zero attached hydrogens (tertiary/aromatic N) is 1. The molecule has 3 rings (SSSR count). The Hall–Kier alpha value is -2.14. The standard InChI is InChI=1S/C15H14N2O2S/c1-3-12-16-14(18)13-11(8-20-15(13)17-12)9-4-6-10(19-2)7-5-9/h4-8H,3H2,1-2H3,(H,16,17,18). The number of benzene rings is 1. The van der Waals surface area contributed by atoms with E-state index in [0.29, 0.717) is 5.39 Å². The van der Waals surface area contributed by atoms with Gasteiger partial charge in [-0.2, -0.15) is 0 Å². The highest BCUT2D eigenvalue weighted by Gasteiger charge is 2.12. The van der Waals surface area contributed by atoms with Crippen molar-refractivity contribution in [2.45, 2.75) is 13.3 Å². The summed E-state index contributed by atoms with van der Waals surface area (Å²) >= 11 is 1.50. The average Bonchev–Trinajstić information content (AvgIpc) is 2.91. The molecule has 20 heavy (non-hydrogen) atoms. The molecule has 0 saturated heterocycles. The van der Waals surface area contributed by atoms with Crippen molar-refractivity contribution >= 4 is 21.6 Å². The van der Waals surface area contributed by atoms with Gasteiger partial charge in [0, 0.05) is 17.4 Å². The zero-order valence-electron chi connectivity index (χ0n) is 11.3. The highest BCUT2D eigenvalue weighted by atomic mass is 32.1. The molecule has 4 nitrogen and oxygen atoms in total. The Morgan fingerprint density at radius 3 is 2.70 bits per heavy atom. The molecular weight excluding hydrogens is 272 g/mol. The fourth-order valence-electron chi connectivity index (χ4n) is 2.14. The summed E-state index contributed by atoms with van der Waals surface area (Å²) in [4.78, 5) is 20.3. The Labute approximate surface area is 120 Å². The van der Waals surface area contributed by atoms with Gasteiger partial charge < -0.3 is 9.72 Å². The highest BCUT2D eigenvalue weighted by Crippen LogP contribution is 2.31. The van der Waals surface area contributed by atoms with Gasteiger partial charge in [-0.1, -0.05) is 19.1 Å². The predicted molar refractivity (Wildman–Crippen MR) is 81.6 cm³/mol. The molecule has 0 saturated carbocycles. The molecule has 0 atom stereocenters. The van der Waals surface area contributed by atoms with E-state index in [1.165, 1.54) is 11.3 Å². The predicted octanol–water partition coefficient (Wildman–Crippen LogP) is 3.22. The maximum atomic E-state index is 12.2. The second-order valence-corrected chi connectivity index (χ2v) is 5.28. The molecular formula is C15H14N2O2S. The number of thiophene rings is 1. The number of hydrogen-bond donors (Lipinski definition) is 1. The second-order valence-electron chi connectivity index (χ2n) is 4.42. The van der Waals surface area contributed by atoms with Gasteiger partial charge in [-0.05, 0) is 17.7 Å². The lowest BCUT2D eigenvalue weighted by molar-refractivity contribution is 0.415. The first kappa shape index (κ1) is 12.9. The minimum Gasteiger partial charge on any atom is -0.497 e. The molecule has 0 amide bonds. The number of aromatic amines is 1. The monoisotopic (exact) mass is 286 g/mol. The van der Waals surface area contributed by atoms with E-state index in [-0.39, 0.29) is 5.56 Å². The molecule has 0 aliphatic heterocycles. The second kappa shape index (κ2) is 5.09. The van der Waals surface area contributed by atoms with Crippen LogP contribution in [0.4, 0.5) is 0 Å². The summed E-state index contributed by atoms with van der Waals surface area (Å²) in [5, 5.41) is 2.64. The summed E-state index contributed by atoms with van der Waals surface area (Å²) in [6, 6.07) is 7.68. The molecule has 0 aliphatic rings. The maximum absolute atomic E-state index is 12.2. The molecule has 2 aromatic heterocycles. The van der Waals surface area contributed by atoms with Crippen molar-refractivity contribution in [2.75, 3.05) is 7.11 Å². The Morgan fingerprint density at radius 1 is 1.30 bits per heavy atom. The number of H-pyrrole nitrogens is 1. The van der Waals surface area contributed by atoms with Crippen LogP contribution in [-0.4, -0.2) is 17.1 Å². The van der Waals surface area contributed by atoms with Gasteiger partial charge in [0.2, 0.25) is 0 Å². The molecule has 0 fully saturated rings. The quantitative estimate of drug-likeness (QED) is 0.804. The topological polar surface area (TPSA) is 55.0 Å². The summed E-state index contributed by atoms with van der Waals surface area (Å²) in [6.07, 6.45) is 0.723. The summed E-state index contributed by atoms with van der Waals surface area (Å²) in [6.45, 7) is 1.97. The highest BCUT2D eigenvalue weighted by molar-refractivity contribution is 7.17.